The average molecular weight is 159 g/mol. The van der Waals surface area contributed by atoms with E-state index in [1.54, 1.807) is 0 Å². The molecule has 0 atom stereocenters. The molecule has 0 saturated carbocycles. The summed E-state index contributed by atoms with van der Waals surface area (Å²) in [6, 6.07) is 0. The number of hydrogen-bond acceptors (Lipinski definition) is 3. The van der Waals surface area contributed by atoms with Gasteiger partial charge < -0.3 is 4.84 Å². The summed E-state index contributed by atoms with van der Waals surface area (Å²) in [7, 11) is 0. The van der Waals surface area contributed by atoms with Gasteiger partial charge in [0, 0.05) is 13.5 Å². The van der Waals surface area contributed by atoms with Gasteiger partial charge in [-0.25, -0.2) is 0 Å². The molecule has 0 spiro atoms. The number of unbranched alkanes of at least 4 members (excludes halogenated alkanes) is 3. The lowest BCUT2D eigenvalue weighted by Crippen LogP contribution is -2.18. The second-order valence-electron chi connectivity index (χ2n) is 2.55. The van der Waals surface area contributed by atoms with E-state index in [-0.39, 0.29) is 5.97 Å². The van der Waals surface area contributed by atoms with E-state index in [9.17, 15) is 4.79 Å². The Labute approximate surface area is 68.1 Å². The van der Waals surface area contributed by atoms with Crippen LogP contribution in [0, 0.1) is 0 Å². The van der Waals surface area contributed by atoms with E-state index in [1.165, 1.54) is 26.2 Å². The van der Waals surface area contributed by atoms with Crippen LogP contribution in [0.3, 0.4) is 0 Å². The Morgan fingerprint density at radius 3 is 2.64 bits per heavy atom. The summed E-state index contributed by atoms with van der Waals surface area (Å²) in [4.78, 5) is 14.8. The highest BCUT2D eigenvalue weighted by Crippen LogP contribution is 1.96. The average Bonchev–Trinajstić information content (AvgIpc) is 1.96. The van der Waals surface area contributed by atoms with Crippen molar-refractivity contribution in [1.29, 1.82) is 0 Å². The molecule has 0 aromatic heterocycles. The molecule has 0 aliphatic rings. The van der Waals surface area contributed by atoms with Gasteiger partial charge in [-0.3, -0.25) is 4.79 Å². The van der Waals surface area contributed by atoms with Crippen LogP contribution in [0.2, 0.25) is 0 Å². The molecule has 0 unspecified atom stereocenters. The monoisotopic (exact) mass is 159 g/mol. The van der Waals surface area contributed by atoms with Gasteiger partial charge in [-0.1, -0.05) is 26.2 Å². The van der Waals surface area contributed by atoms with Gasteiger partial charge >= 0.3 is 5.97 Å². The van der Waals surface area contributed by atoms with Crippen molar-refractivity contribution < 1.29 is 9.63 Å². The maximum Gasteiger partial charge on any atom is 0.321 e. The standard InChI is InChI=1S/C8H17NO2/c1-3-4-5-6-7-9-11-8(2)10/h9H,3-7H2,1-2H3. The molecular formula is C8H17NO2. The fourth-order valence-corrected chi connectivity index (χ4v) is 0.777. The summed E-state index contributed by atoms with van der Waals surface area (Å²) in [6.45, 7) is 4.32. The number of hydroxylamine groups is 1. The zero-order valence-electron chi connectivity index (χ0n) is 7.35. The van der Waals surface area contributed by atoms with Crippen LogP contribution in [-0.4, -0.2) is 12.5 Å². The van der Waals surface area contributed by atoms with Crippen molar-refractivity contribution >= 4 is 5.97 Å². The number of carbonyl (C=O) groups excluding carboxylic acids is 1. The molecular weight excluding hydrogens is 142 g/mol. The smallest absolute Gasteiger partial charge is 0.321 e. The van der Waals surface area contributed by atoms with Crippen molar-refractivity contribution in [3.05, 3.63) is 0 Å². The van der Waals surface area contributed by atoms with Crippen LogP contribution in [0.4, 0.5) is 0 Å². The van der Waals surface area contributed by atoms with Gasteiger partial charge in [0.2, 0.25) is 0 Å². The van der Waals surface area contributed by atoms with Gasteiger partial charge in [0.05, 0.1) is 0 Å². The van der Waals surface area contributed by atoms with Gasteiger partial charge in [0.25, 0.3) is 0 Å². The zero-order chi connectivity index (χ0) is 8.53. The Kier molecular flexibility index (Phi) is 7.15. The highest BCUT2D eigenvalue weighted by Gasteiger charge is 1.90. The molecule has 66 valence electrons. The van der Waals surface area contributed by atoms with Crippen molar-refractivity contribution in [3.8, 4) is 0 Å². The van der Waals surface area contributed by atoms with Crippen molar-refractivity contribution in [2.75, 3.05) is 6.54 Å². The number of rotatable bonds is 6. The fraction of sp³-hybridized carbons (Fsp3) is 0.875. The zero-order valence-corrected chi connectivity index (χ0v) is 7.35. The Morgan fingerprint density at radius 1 is 1.36 bits per heavy atom. The largest absolute Gasteiger partial charge is 0.371 e. The minimum atomic E-state index is -0.277. The van der Waals surface area contributed by atoms with E-state index in [4.69, 9.17) is 0 Å². The third-order valence-electron chi connectivity index (χ3n) is 1.35. The maximum atomic E-state index is 10.2. The Morgan fingerprint density at radius 2 is 2.09 bits per heavy atom. The molecule has 0 aromatic rings. The molecule has 0 bridgehead atoms. The first-order valence-corrected chi connectivity index (χ1v) is 4.17. The number of carbonyl (C=O) groups is 1. The van der Waals surface area contributed by atoms with E-state index >= 15 is 0 Å². The first kappa shape index (κ1) is 10.4. The molecule has 0 aromatic carbocycles. The maximum absolute atomic E-state index is 10.2. The molecule has 0 fully saturated rings. The molecule has 0 rings (SSSR count). The molecule has 0 amide bonds. The number of nitrogens with one attached hydrogen (secondary N) is 1. The topological polar surface area (TPSA) is 38.3 Å². The minimum absolute atomic E-state index is 0.277. The van der Waals surface area contributed by atoms with E-state index < -0.39 is 0 Å². The van der Waals surface area contributed by atoms with E-state index in [0.29, 0.717) is 0 Å². The first-order valence-electron chi connectivity index (χ1n) is 4.17. The van der Waals surface area contributed by atoms with Gasteiger partial charge in [-0.2, -0.15) is 5.48 Å². The van der Waals surface area contributed by atoms with Gasteiger partial charge in [-0.05, 0) is 6.42 Å². The molecule has 0 radical (unpaired) electrons. The molecule has 0 heterocycles. The highest BCUT2D eigenvalue weighted by molar-refractivity contribution is 5.65. The molecule has 0 aliphatic heterocycles. The molecule has 3 heteroatoms. The van der Waals surface area contributed by atoms with Crippen molar-refractivity contribution in [2.24, 2.45) is 0 Å². The lowest BCUT2D eigenvalue weighted by atomic mass is 10.2. The molecule has 11 heavy (non-hydrogen) atoms. The Balaban J connectivity index is 2.85. The lowest BCUT2D eigenvalue weighted by molar-refractivity contribution is -0.148. The summed E-state index contributed by atoms with van der Waals surface area (Å²) >= 11 is 0. The third-order valence-corrected chi connectivity index (χ3v) is 1.35. The highest BCUT2D eigenvalue weighted by atomic mass is 16.7. The van der Waals surface area contributed by atoms with Gasteiger partial charge in [0.1, 0.15) is 0 Å². The molecule has 3 nitrogen and oxygen atoms in total. The fourth-order valence-electron chi connectivity index (χ4n) is 0.777. The van der Waals surface area contributed by atoms with Crippen LogP contribution in [0.25, 0.3) is 0 Å². The Hall–Kier alpha value is -0.570. The Bertz CT molecular complexity index is 104. The second kappa shape index (κ2) is 7.54. The van der Waals surface area contributed by atoms with Crippen LogP contribution < -0.4 is 5.48 Å². The van der Waals surface area contributed by atoms with Crippen molar-refractivity contribution in [3.63, 3.8) is 0 Å². The van der Waals surface area contributed by atoms with E-state index in [0.717, 1.165) is 13.0 Å². The van der Waals surface area contributed by atoms with Crippen LogP contribution in [-0.2, 0) is 9.63 Å². The predicted molar refractivity (Wildman–Crippen MR) is 43.9 cm³/mol. The summed E-state index contributed by atoms with van der Waals surface area (Å²) in [6.07, 6.45) is 4.75. The minimum Gasteiger partial charge on any atom is -0.371 e. The van der Waals surface area contributed by atoms with Gasteiger partial charge in [-0.15, -0.1) is 0 Å². The summed E-state index contributed by atoms with van der Waals surface area (Å²) in [5.74, 6) is -0.277. The van der Waals surface area contributed by atoms with Crippen molar-refractivity contribution in [1.82, 2.24) is 5.48 Å². The van der Waals surface area contributed by atoms with Crippen LogP contribution in [0.5, 0.6) is 0 Å². The normalized spacial score (nSPS) is 9.64. The van der Waals surface area contributed by atoms with Crippen molar-refractivity contribution in [2.45, 2.75) is 39.5 Å². The second-order valence-corrected chi connectivity index (χ2v) is 2.55. The summed E-state index contributed by atoms with van der Waals surface area (Å²) in [5, 5.41) is 0. The van der Waals surface area contributed by atoms with Gasteiger partial charge in [0.15, 0.2) is 0 Å². The molecule has 1 N–H and O–H groups in total. The SMILES string of the molecule is CCCCCCNOC(C)=O. The summed E-state index contributed by atoms with van der Waals surface area (Å²) < 4.78 is 0. The van der Waals surface area contributed by atoms with E-state index in [1.807, 2.05) is 0 Å². The quantitative estimate of drug-likeness (QED) is 0.473. The summed E-state index contributed by atoms with van der Waals surface area (Å²) in [5.41, 5.74) is 2.59. The van der Waals surface area contributed by atoms with E-state index in [2.05, 4.69) is 17.2 Å². The first-order chi connectivity index (χ1) is 5.27. The van der Waals surface area contributed by atoms with Crippen LogP contribution in [0.1, 0.15) is 39.5 Å². The predicted octanol–water partition coefficient (Wildman–Crippen LogP) is 1.63. The van der Waals surface area contributed by atoms with Crippen LogP contribution >= 0.6 is 0 Å². The van der Waals surface area contributed by atoms with Crippen LogP contribution in [0.15, 0.2) is 0 Å². The third kappa shape index (κ3) is 9.43. The molecule has 0 saturated heterocycles. The number of hydrogen-bond donors (Lipinski definition) is 1. The molecule has 0 aliphatic carbocycles. The lowest BCUT2D eigenvalue weighted by Gasteiger charge is -2.01.